The maximum atomic E-state index is 13.2. The number of methoxy groups -OCH3 is 1. The molecule has 0 bridgehead atoms. The van der Waals surface area contributed by atoms with Crippen LogP contribution in [0.3, 0.4) is 0 Å². The topological polar surface area (TPSA) is 51.7 Å². The lowest BCUT2D eigenvalue weighted by molar-refractivity contribution is -0.124. The normalized spacial score (nSPS) is 11.5. The number of halogens is 1. The van der Waals surface area contributed by atoms with E-state index in [1.807, 2.05) is 36.4 Å². The second kappa shape index (κ2) is 9.24. The van der Waals surface area contributed by atoms with Gasteiger partial charge in [-0.15, -0.1) is 0 Å². The van der Waals surface area contributed by atoms with Crippen molar-refractivity contribution in [2.75, 3.05) is 12.0 Å². The predicted octanol–water partition coefficient (Wildman–Crippen LogP) is 4.74. The van der Waals surface area contributed by atoms with Crippen molar-refractivity contribution in [3.63, 3.8) is 0 Å². The van der Waals surface area contributed by atoms with E-state index in [-0.39, 0.29) is 12.5 Å². The zero-order valence-corrected chi connectivity index (χ0v) is 16.5. The van der Waals surface area contributed by atoms with Gasteiger partial charge in [0.15, 0.2) is 17.6 Å². The van der Waals surface area contributed by atoms with Crippen LogP contribution in [-0.2, 0) is 11.3 Å². The van der Waals surface area contributed by atoms with Crippen molar-refractivity contribution in [3.8, 4) is 11.5 Å². The summed E-state index contributed by atoms with van der Waals surface area (Å²) in [7, 11) is 1.56. The number of pyridine rings is 1. The van der Waals surface area contributed by atoms with Crippen molar-refractivity contribution in [1.29, 1.82) is 0 Å². The zero-order valence-electron chi connectivity index (χ0n) is 15.7. The first-order valence-electron chi connectivity index (χ1n) is 8.85. The Kier molecular flexibility index (Phi) is 6.50. The number of aromatic nitrogens is 1. The van der Waals surface area contributed by atoms with Crippen molar-refractivity contribution < 1.29 is 14.3 Å². The summed E-state index contributed by atoms with van der Waals surface area (Å²) in [6.07, 6.45) is 0.898. The molecule has 5 nitrogen and oxygen atoms in total. The van der Waals surface area contributed by atoms with Gasteiger partial charge in [-0.25, -0.2) is 4.98 Å². The first-order valence-corrected chi connectivity index (χ1v) is 9.23. The monoisotopic (exact) mass is 396 g/mol. The maximum absolute atomic E-state index is 13.2. The van der Waals surface area contributed by atoms with Crippen molar-refractivity contribution in [2.24, 2.45) is 0 Å². The summed E-state index contributed by atoms with van der Waals surface area (Å²) in [5, 5.41) is 0.592. The number of hydrogen-bond donors (Lipinski definition) is 0. The maximum Gasteiger partial charge on any atom is 0.269 e. The Morgan fingerprint density at radius 2 is 1.71 bits per heavy atom. The van der Waals surface area contributed by atoms with Crippen LogP contribution in [-0.4, -0.2) is 24.1 Å². The second-order valence-electron chi connectivity index (χ2n) is 6.11. The van der Waals surface area contributed by atoms with E-state index in [0.717, 1.165) is 5.56 Å². The summed E-state index contributed by atoms with van der Waals surface area (Å²) >= 11 is 6.30. The molecule has 2 aromatic carbocycles. The van der Waals surface area contributed by atoms with Gasteiger partial charge < -0.3 is 9.47 Å². The van der Waals surface area contributed by atoms with E-state index in [1.54, 1.807) is 55.5 Å². The van der Waals surface area contributed by atoms with Gasteiger partial charge in [0.1, 0.15) is 5.82 Å². The minimum Gasteiger partial charge on any atom is -0.493 e. The summed E-state index contributed by atoms with van der Waals surface area (Å²) in [4.78, 5) is 19.1. The van der Waals surface area contributed by atoms with Gasteiger partial charge in [0.25, 0.3) is 5.91 Å². The van der Waals surface area contributed by atoms with Crippen LogP contribution in [0.15, 0.2) is 72.9 Å². The van der Waals surface area contributed by atoms with Gasteiger partial charge in [-0.2, -0.15) is 0 Å². The Morgan fingerprint density at radius 1 is 1.04 bits per heavy atom. The van der Waals surface area contributed by atoms with Crippen molar-refractivity contribution in [3.05, 3.63) is 83.5 Å². The Labute approximate surface area is 169 Å². The lowest BCUT2D eigenvalue weighted by Crippen LogP contribution is -2.40. The smallest absolute Gasteiger partial charge is 0.269 e. The highest BCUT2D eigenvalue weighted by molar-refractivity contribution is 6.31. The highest BCUT2D eigenvalue weighted by Crippen LogP contribution is 2.28. The molecule has 1 heterocycles. The summed E-state index contributed by atoms with van der Waals surface area (Å²) in [6.45, 7) is 1.99. The second-order valence-corrected chi connectivity index (χ2v) is 6.52. The summed E-state index contributed by atoms with van der Waals surface area (Å²) in [5.41, 5.74) is 0.827. The summed E-state index contributed by atoms with van der Waals surface area (Å²) < 4.78 is 11.2. The van der Waals surface area contributed by atoms with Crippen LogP contribution in [0.1, 0.15) is 12.5 Å². The molecule has 0 N–H and O–H groups in total. The van der Waals surface area contributed by atoms with E-state index in [4.69, 9.17) is 21.1 Å². The molecule has 0 spiro atoms. The van der Waals surface area contributed by atoms with Gasteiger partial charge >= 0.3 is 0 Å². The fraction of sp³-hybridized carbons (Fsp3) is 0.182. The van der Waals surface area contributed by atoms with E-state index in [2.05, 4.69) is 4.98 Å². The van der Waals surface area contributed by atoms with Crippen molar-refractivity contribution in [2.45, 2.75) is 19.6 Å². The van der Waals surface area contributed by atoms with E-state index in [9.17, 15) is 4.79 Å². The van der Waals surface area contributed by atoms with Crippen LogP contribution >= 0.6 is 11.6 Å². The van der Waals surface area contributed by atoms with Crippen LogP contribution in [0.4, 0.5) is 5.82 Å². The third-order valence-corrected chi connectivity index (χ3v) is 4.57. The number of rotatable bonds is 7. The Morgan fingerprint density at radius 3 is 2.39 bits per heavy atom. The molecule has 0 saturated carbocycles. The fourth-order valence-electron chi connectivity index (χ4n) is 2.76. The van der Waals surface area contributed by atoms with E-state index < -0.39 is 6.10 Å². The van der Waals surface area contributed by atoms with Crippen LogP contribution in [0, 0.1) is 0 Å². The average Bonchev–Trinajstić information content (AvgIpc) is 2.73. The third-order valence-electron chi connectivity index (χ3n) is 4.20. The zero-order chi connectivity index (χ0) is 19.9. The van der Waals surface area contributed by atoms with E-state index in [0.29, 0.717) is 22.3 Å². The first-order chi connectivity index (χ1) is 13.6. The Hall–Kier alpha value is -3.05. The van der Waals surface area contributed by atoms with Crippen LogP contribution in [0.5, 0.6) is 11.5 Å². The molecule has 3 aromatic rings. The van der Waals surface area contributed by atoms with Crippen LogP contribution < -0.4 is 14.4 Å². The van der Waals surface area contributed by atoms with Crippen molar-refractivity contribution >= 4 is 23.3 Å². The number of benzene rings is 2. The van der Waals surface area contributed by atoms with Gasteiger partial charge in [0.2, 0.25) is 0 Å². The molecule has 0 aliphatic rings. The molecule has 0 fully saturated rings. The number of carbonyl (C=O) groups is 1. The number of amides is 1. The number of hydrogen-bond acceptors (Lipinski definition) is 4. The molecule has 1 amide bonds. The Balaban J connectivity index is 1.87. The number of para-hydroxylation sites is 2. The van der Waals surface area contributed by atoms with Crippen LogP contribution in [0.2, 0.25) is 5.02 Å². The van der Waals surface area contributed by atoms with Gasteiger partial charge in [-0.3, -0.25) is 9.69 Å². The molecule has 0 radical (unpaired) electrons. The third kappa shape index (κ3) is 4.61. The van der Waals surface area contributed by atoms with Gasteiger partial charge in [-0.1, -0.05) is 48.0 Å². The minimum atomic E-state index is -0.749. The minimum absolute atomic E-state index is 0.232. The van der Waals surface area contributed by atoms with Gasteiger partial charge in [-0.05, 0) is 42.8 Å². The summed E-state index contributed by atoms with van der Waals surface area (Å²) in [6, 6.07) is 20.1. The molecule has 1 unspecified atom stereocenters. The van der Waals surface area contributed by atoms with Crippen LogP contribution in [0.25, 0.3) is 0 Å². The predicted molar refractivity (Wildman–Crippen MR) is 110 cm³/mol. The fourth-order valence-corrected chi connectivity index (χ4v) is 2.95. The molecule has 1 atom stereocenters. The Bertz CT molecular complexity index is 934. The molecule has 144 valence electrons. The van der Waals surface area contributed by atoms with E-state index >= 15 is 0 Å². The average molecular weight is 397 g/mol. The summed E-state index contributed by atoms with van der Waals surface area (Å²) in [5.74, 6) is 1.37. The first kappa shape index (κ1) is 19.7. The molecular formula is C22H21ClN2O3. The molecule has 3 rings (SSSR count). The quantitative estimate of drug-likeness (QED) is 0.578. The van der Waals surface area contributed by atoms with Gasteiger partial charge in [0, 0.05) is 11.2 Å². The largest absolute Gasteiger partial charge is 0.493 e. The molecule has 1 aromatic heterocycles. The molecule has 6 heteroatoms. The number of anilines is 1. The standard InChI is InChI=1S/C22H21ClN2O3/c1-16(28-20-12-6-5-11-19(20)27-2)22(26)25(21-13-7-8-14-24-21)15-17-9-3-4-10-18(17)23/h3-14,16H,15H2,1-2H3. The van der Waals surface area contributed by atoms with E-state index in [1.165, 1.54) is 0 Å². The highest BCUT2D eigenvalue weighted by Gasteiger charge is 2.26. The lowest BCUT2D eigenvalue weighted by atomic mass is 10.2. The number of ether oxygens (including phenoxy) is 2. The lowest BCUT2D eigenvalue weighted by Gasteiger charge is -2.26. The van der Waals surface area contributed by atoms with Crippen molar-refractivity contribution in [1.82, 2.24) is 4.98 Å². The number of carbonyl (C=O) groups excluding carboxylic acids is 1. The molecule has 0 aliphatic heterocycles. The SMILES string of the molecule is COc1ccccc1OC(C)C(=O)N(Cc1ccccc1Cl)c1ccccn1. The molecule has 28 heavy (non-hydrogen) atoms. The van der Waals surface area contributed by atoms with Gasteiger partial charge in [0.05, 0.1) is 13.7 Å². The molecule has 0 aliphatic carbocycles. The highest BCUT2D eigenvalue weighted by atomic mass is 35.5. The molecular weight excluding hydrogens is 376 g/mol. The molecule has 0 saturated heterocycles. The number of nitrogens with zero attached hydrogens (tertiary/aromatic N) is 2.